The molecule has 0 amide bonds. The summed E-state index contributed by atoms with van der Waals surface area (Å²) in [4.78, 5) is 15.6. The molecule has 20 heavy (non-hydrogen) atoms. The van der Waals surface area contributed by atoms with Crippen LogP contribution in [0.5, 0.6) is 0 Å². The quantitative estimate of drug-likeness (QED) is 0.846. The molecule has 116 valence electrons. The minimum atomic E-state index is -0.719. The highest BCUT2D eigenvalue weighted by Gasteiger charge is 2.36. The molecule has 0 spiro atoms. The van der Waals surface area contributed by atoms with Gasteiger partial charge in [0.25, 0.3) is 0 Å². The van der Waals surface area contributed by atoms with Crippen molar-refractivity contribution in [3.63, 3.8) is 0 Å². The van der Waals surface area contributed by atoms with E-state index in [1.807, 2.05) is 0 Å². The number of rotatable bonds is 4. The zero-order valence-electron chi connectivity index (χ0n) is 13.0. The maximum atomic E-state index is 11.0. The Kier molecular flexibility index (Phi) is 5.04. The summed E-state index contributed by atoms with van der Waals surface area (Å²) in [5.74, 6) is -0.719. The van der Waals surface area contributed by atoms with Crippen LogP contribution in [0, 0.1) is 0 Å². The normalized spacial score (nSPS) is 34.9. The van der Waals surface area contributed by atoms with Crippen LogP contribution in [0.3, 0.4) is 0 Å². The molecule has 2 rings (SSSR count). The highest BCUT2D eigenvalue weighted by Crippen LogP contribution is 2.30. The van der Waals surface area contributed by atoms with Gasteiger partial charge in [-0.2, -0.15) is 0 Å². The van der Waals surface area contributed by atoms with Crippen molar-refractivity contribution in [2.75, 3.05) is 32.8 Å². The third kappa shape index (κ3) is 3.51. The fourth-order valence-corrected chi connectivity index (χ4v) is 3.30. The van der Waals surface area contributed by atoms with Crippen LogP contribution in [0.2, 0.25) is 0 Å². The summed E-state index contributed by atoms with van der Waals surface area (Å²) in [6.45, 7) is 10.7. The average Bonchev–Trinajstić information content (AvgIpc) is 2.46. The van der Waals surface area contributed by atoms with Crippen molar-refractivity contribution in [2.24, 2.45) is 0 Å². The SMILES string of the molecule is CCC1(C)CC(N2CCN(C(C)C(=O)O)CC2)CCO1. The molecular formula is C15H28N2O3. The lowest BCUT2D eigenvalue weighted by Crippen LogP contribution is -2.56. The van der Waals surface area contributed by atoms with Gasteiger partial charge < -0.3 is 9.84 Å². The van der Waals surface area contributed by atoms with Crippen LogP contribution >= 0.6 is 0 Å². The molecule has 2 aliphatic heterocycles. The molecule has 5 nitrogen and oxygen atoms in total. The van der Waals surface area contributed by atoms with Crippen molar-refractivity contribution >= 4 is 5.97 Å². The lowest BCUT2D eigenvalue weighted by molar-refractivity contribution is -0.143. The first-order valence-corrected chi connectivity index (χ1v) is 7.80. The molecule has 2 fully saturated rings. The van der Waals surface area contributed by atoms with Crippen LogP contribution in [0.1, 0.15) is 40.0 Å². The van der Waals surface area contributed by atoms with Crippen molar-refractivity contribution in [1.82, 2.24) is 9.80 Å². The summed E-state index contributed by atoms with van der Waals surface area (Å²) in [6, 6.07) is 0.226. The van der Waals surface area contributed by atoms with E-state index in [2.05, 4.69) is 23.6 Å². The van der Waals surface area contributed by atoms with Crippen LogP contribution in [0.4, 0.5) is 0 Å². The van der Waals surface area contributed by atoms with E-state index in [0.717, 1.165) is 52.0 Å². The highest BCUT2D eigenvalue weighted by atomic mass is 16.5. The van der Waals surface area contributed by atoms with Crippen LogP contribution in [-0.4, -0.2) is 71.3 Å². The second-order valence-electron chi connectivity index (χ2n) is 6.38. The fraction of sp³-hybridized carbons (Fsp3) is 0.933. The van der Waals surface area contributed by atoms with Gasteiger partial charge in [-0.05, 0) is 33.1 Å². The molecule has 2 saturated heterocycles. The first-order valence-electron chi connectivity index (χ1n) is 7.80. The molecular weight excluding hydrogens is 256 g/mol. The molecule has 0 radical (unpaired) electrons. The molecule has 2 heterocycles. The van der Waals surface area contributed by atoms with Gasteiger partial charge >= 0.3 is 5.97 Å². The van der Waals surface area contributed by atoms with E-state index >= 15 is 0 Å². The number of carboxylic acid groups (broad SMARTS) is 1. The highest BCUT2D eigenvalue weighted by molar-refractivity contribution is 5.72. The van der Waals surface area contributed by atoms with Crippen molar-refractivity contribution in [2.45, 2.75) is 57.7 Å². The molecule has 3 unspecified atom stereocenters. The number of carboxylic acids is 1. The molecule has 5 heteroatoms. The van der Waals surface area contributed by atoms with E-state index in [0.29, 0.717) is 6.04 Å². The van der Waals surface area contributed by atoms with Crippen molar-refractivity contribution < 1.29 is 14.6 Å². The molecule has 0 aliphatic carbocycles. The third-order valence-corrected chi connectivity index (χ3v) is 5.09. The first-order chi connectivity index (χ1) is 9.45. The number of aliphatic carboxylic acids is 1. The molecule has 0 aromatic rings. The summed E-state index contributed by atoms with van der Waals surface area (Å²) >= 11 is 0. The molecule has 0 aromatic carbocycles. The Balaban J connectivity index is 1.86. The van der Waals surface area contributed by atoms with Crippen LogP contribution in [0.25, 0.3) is 0 Å². The summed E-state index contributed by atoms with van der Waals surface area (Å²) in [5.41, 5.74) is 0.0222. The predicted molar refractivity (Wildman–Crippen MR) is 77.9 cm³/mol. The molecule has 0 saturated carbocycles. The number of hydrogen-bond donors (Lipinski definition) is 1. The smallest absolute Gasteiger partial charge is 0.320 e. The fourth-order valence-electron chi connectivity index (χ4n) is 3.30. The van der Waals surface area contributed by atoms with Gasteiger partial charge in [0.15, 0.2) is 0 Å². The zero-order chi connectivity index (χ0) is 14.8. The Labute approximate surface area is 121 Å². The van der Waals surface area contributed by atoms with Gasteiger partial charge in [0.1, 0.15) is 6.04 Å². The van der Waals surface area contributed by atoms with Gasteiger partial charge in [0.2, 0.25) is 0 Å². The average molecular weight is 284 g/mol. The largest absolute Gasteiger partial charge is 0.480 e. The van der Waals surface area contributed by atoms with Gasteiger partial charge in [-0.15, -0.1) is 0 Å². The zero-order valence-corrected chi connectivity index (χ0v) is 13.0. The van der Waals surface area contributed by atoms with Crippen molar-refractivity contribution in [1.29, 1.82) is 0 Å². The minimum absolute atomic E-state index is 0.0222. The summed E-state index contributed by atoms with van der Waals surface area (Å²) in [7, 11) is 0. The second kappa shape index (κ2) is 6.41. The first kappa shape index (κ1) is 15.7. The minimum Gasteiger partial charge on any atom is -0.480 e. The van der Waals surface area contributed by atoms with Crippen molar-refractivity contribution in [3.8, 4) is 0 Å². The van der Waals surface area contributed by atoms with E-state index in [1.165, 1.54) is 0 Å². The Morgan fingerprint density at radius 2 is 2.05 bits per heavy atom. The molecule has 3 atom stereocenters. The standard InChI is InChI=1S/C15H28N2O3/c1-4-15(3)11-13(5-10-20-15)17-8-6-16(7-9-17)12(2)14(18)19/h12-13H,4-11H2,1-3H3,(H,18,19). The van der Waals surface area contributed by atoms with E-state index in [1.54, 1.807) is 6.92 Å². The van der Waals surface area contributed by atoms with Crippen LogP contribution in [0.15, 0.2) is 0 Å². The number of ether oxygens (including phenoxy) is 1. The third-order valence-electron chi connectivity index (χ3n) is 5.09. The summed E-state index contributed by atoms with van der Waals surface area (Å²) in [6.07, 6.45) is 3.25. The number of hydrogen-bond acceptors (Lipinski definition) is 4. The molecule has 2 aliphatic rings. The Morgan fingerprint density at radius 3 is 2.60 bits per heavy atom. The molecule has 1 N–H and O–H groups in total. The second-order valence-corrected chi connectivity index (χ2v) is 6.38. The Morgan fingerprint density at radius 1 is 1.40 bits per heavy atom. The Hall–Kier alpha value is -0.650. The van der Waals surface area contributed by atoms with E-state index in [-0.39, 0.29) is 11.6 Å². The van der Waals surface area contributed by atoms with Gasteiger partial charge in [0, 0.05) is 38.8 Å². The van der Waals surface area contributed by atoms with E-state index in [4.69, 9.17) is 9.84 Å². The Bertz CT molecular complexity index is 342. The number of piperazine rings is 1. The number of nitrogens with zero attached hydrogens (tertiary/aromatic N) is 2. The van der Waals surface area contributed by atoms with Crippen LogP contribution < -0.4 is 0 Å². The van der Waals surface area contributed by atoms with Gasteiger partial charge in [-0.1, -0.05) is 6.92 Å². The lowest BCUT2D eigenvalue weighted by atomic mass is 9.89. The van der Waals surface area contributed by atoms with Crippen molar-refractivity contribution in [3.05, 3.63) is 0 Å². The van der Waals surface area contributed by atoms with Crippen LogP contribution in [-0.2, 0) is 9.53 Å². The van der Waals surface area contributed by atoms with E-state index < -0.39 is 5.97 Å². The monoisotopic (exact) mass is 284 g/mol. The van der Waals surface area contributed by atoms with Gasteiger partial charge in [0.05, 0.1) is 5.60 Å². The summed E-state index contributed by atoms with van der Waals surface area (Å²) < 4.78 is 5.91. The summed E-state index contributed by atoms with van der Waals surface area (Å²) in [5, 5.41) is 9.08. The number of carbonyl (C=O) groups is 1. The predicted octanol–water partition coefficient (Wildman–Crippen LogP) is 1.42. The van der Waals surface area contributed by atoms with Gasteiger partial charge in [-0.25, -0.2) is 0 Å². The topological polar surface area (TPSA) is 53.0 Å². The molecule has 0 bridgehead atoms. The maximum absolute atomic E-state index is 11.0. The van der Waals surface area contributed by atoms with E-state index in [9.17, 15) is 4.79 Å². The lowest BCUT2D eigenvalue weighted by Gasteiger charge is -2.46. The maximum Gasteiger partial charge on any atom is 0.320 e. The van der Waals surface area contributed by atoms with Gasteiger partial charge in [-0.3, -0.25) is 14.6 Å². The molecule has 0 aromatic heterocycles.